The maximum Gasteiger partial charge on any atom is 0.182 e. The first-order chi connectivity index (χ1) is 14.2. The zero-order valence-electron chi connectivity index (χ0n) is 16.2. The zero-order valence-corrected chi connectivity index (χ0v) is 16.2. The summed E-state index contributed by atoms with van der Waals surface area (Å²) in [5.74, 6) is 1.57. The first kappa shape index (κ1) is 17.9. The zero-order chi connectivity index (χ0) is 19.6. The number of aromatic nitrogens is 4. The van der Waals surface area contributed by atoms with Crippen LogP contribution >= 0.6 is 0 Å². The number of fused-ring (bicyclic) bond motifs is 2. The molecule has 3 aromatic heterocycles. The lowest BCUT2D eigenvalue weighted by atomic mass is 9.92. The van der Waals surface area contributed by atoms with Gasteiger partial charge in [-0.1, -0.05) is 12.1 Å². The summed E-state index contributed by atoms with van der Waals surface area (Å²) >= 11 is 0. The van der Waals surface area contributed by atoms with Crippen molar-refractivity contribution < 1.29 is 0 Å². The Kier molecular flexibility index (Phi) is 4.73. The van der Waals surface area contributed by atoms with Crippen LogP contribution in [0.1, 0.15) is 31.2 Å². The Hall–Kier alpha value is -3.19. The van der Waals surface area contributed by atoms with E-state index >= 15 is 0 Å². The summed E-state index contributed by atoms with van der Waals surface area (Å²) in [7, 11) is 0. The number of nitrogens with one attached hydrogen (secondary N) is 3. The Balaban J connectivity index is 1.29. The number of anilines is 2. The van der Waals surface area contributed by atoms with Crippen molar-refractivity contribution in [3.63, 3.8) is 0 Å². The molecule has 1 saturated carbocycles. The fourth-order valence-corrected chi connectivity index (χ4v) is 3.93. The quantitative estimate of drug-likeness (QED) is 0.415. The summed E-state index contributed by atoms with van der Waals surface area (Å²) in [5.41, 5.74) is 9.76. The highest BCUT2D eigenvalue weighted by Crippen LogP contribution is 2.22. The molecule has 1 aliphatic carbocycles. The van der Waals surface area contributed by atoms with Gasteiger partial charge in [0.2, 0.25) is 0 Å². The summed E-state index contributed by atoms with van der Waals surface area (Å²) in [6, 6.07) is 13.2. The number of aromatic amines is 1. The second-order valence-electron chi connectivity index (χ2n) is 7.80. The summed E-state index contributed by atoms with van der Waals surface area (Å²) in [4.78, 5) is 17.1. The molecule has 4 aromatic rings. The lowest BCUT2D eigenvalue weighted by molar-refractivity contribution is 0.410. The van der Waals surface area contributed by atoms with Crippen LogP contribution in [0, 0.1) is 0 Å². The molecule has 29 heavy (non-hydrogen) atoms. The van der Waals surface area contributed by atoms with E-state index in [2.05, 4.69) is 54.8 Å². The van der Waals surface area contributed by atoms with Crippen LogP contribution in [-0.2, 0) is 6.54 Å². The average Bonchev–Trinajstić information content (AvgIpc) is 3.21. The number of hydrogen-bond donors (Lipinski definition) is 4. The molecular weight excluding hydrogens is 362 g/mol. The largest absolute Gasteiger partial charge is 0.367 e. The van der Waals surface area contributed by atoms with Crippen LogP contribution in [0.25, 0.3) is 22.1 Å². The van der Waals surface area contributed by atoms with E-state index in [0.29, 0.717) is 24.3 Å². The molecule has 7 heteroatoms. The molecule has 0 radical (unpaired) electrons. The van der Waals surface area contributed by atoms with Crippen molar-refractivity contribution in [2.45, 2.75) is 44.3 Å². The fraction of sp³-hybridized carbons (Fsp3) is 0.318. The van der Waals surface area contributed by atoms with Crippen LogP contribution in [0.2, 0.25) is 0 Å². The summed E-state index contributed by atoms with van der Waals surface area (Å²) < 4.78 is 0. The molecule has 5 rings (SSSR count). The highest BCUT2D eigenvalue weighted by molar-refractivity contribution is 5.80. The Morgan fingerprint density at radius 2 is 1.86 bits per heavy atom. The summed E-state index contributed by atoms with van der Waals surface area (Å²) in [6.45, 7) is 0.676. The minimum Gasteiger partial charge on any atom is -0.367 e. The number of nitrogens with zero attached hydrogens (tertiary/aromatic N) is 3. The van der Waals surface area contributed by atoms with Gasteiger partial charge in [0.25, 0.3) is 0 Å². The number of H-pyrrole nitrogens is 1. The van der Waals surface area contributed by atoms with Crippen molar-refractivity contribution in [2.24, 2.45) is 5.73 Å². The van der Waals surface area contributed by atoms with E-state index in [0.717, 1.165) is 48.4 Å². The molecular formula is C22H25N7. The van der Waals surface area contributed by atoms with E-state index in [-0.39, 0.29) is 0 Å². The van der Waals surface area contributed by atoms with Gasteiger partial charge in [-0.2, -0.15) is 0 Å². The van der Waals surface area contributed by atoms with Crippen molar-refractivity contribution in [1.29, 1.82) is 0 Å². The molecule has 0 saturated heterocycles. The lowest BCUT2D eigenvalue weighted by Crippen LogP contribution is -2.33. The van der Waals surface area contributed by atoms with Gasteiger partial charge in [-0.15, -0.1) is 0 Å². The molecule has 148 valence electrons. The molecule has 1 fully saturated rings. The molecule has 5 N–H and O–H groups in total. The normalized spacial score (nSPS) is 19.5. The predicted octanol–water partition coefficient (Wildman–Crippen LogP) is 3.80. The van der Waals surface area contributed by atoms with E-state index in [1.807, 2.05) is 18.3 Å². The minimum atomic E-state index is 0.342. The first-order valence-electron chi connectivity index (χ1n) is 10.2. The average molecular weight is 387 g/mol. The number of pyridine rings is 1. The highest BCUT2D eigenvalue weighted by Gasteiger charge is 2.18. The van der Waals surface area contributed by atoms with Gasteiger partial charge in [-0.05, 0) is 60.9 Å². The number of hydrogen-bond acceptors (Lipinski definition) is 6. The van der Waals surface area contributed by atoms with E-state index in [4.69, 9.17) is 5.73 Å². The van der Waals surface area contributed by atoms with E-state index in [1.54, 1.807) is 6.20 Å². The van der Waals surface area contributed by atoms with Crippen LogP contribution in [0.4, 0.5) is 11.6 Å². The third-order valence-corrected chi connectivity index (χ3v) is 5.62. The highest BCUT2D eigenvalue weighted by atomic mass is 15.1. The summed E-state index contributed by atoms with van der Waals surface area (Å²) in [6.07, 6.45) is 8.00. The lowest BCUT2D eigenvalue weighted by Gasteiger charge is -2.27. The van der Waals surface area contributed by atoms with Crippen molar-refractivity contribution in [2.75, 3.05) is 10.6 Å². The van der Waals surface area contributed by atoms with Crippen LogP contribution in [0.3, 0.4) is 0 Å². The van der Waals surface area contributed by atoms with Gasteiger partial charge in [0, 0.05) is 30.3 Å². The first-order valence-corrected chi connectivity index (χ1v) is 10.2. The predicted molar refractivity (Wildman–Crippen MR) is 117 cm³/mol. The molecule has 0 spiro atoms. The maximum absolute atomic E-state index is 6.00. The Labute approximate surface area is 169 Å². The van der Waals surface area contributed by atoms with Crippen LogP contribution in [-0.4, -0.2) is 32.0 Å². The second-order valence-corrected chi connectivity index (χ2v) is 7.80. The van der Waals surface area contributed by atoms with Gasteiger partial charge in [0.05, 0.1) is 6.20 Å². The smallest absolute Gasteiger partial charge is 0.182 e. The molecule has 0 unspecified atom stereocenters. The fourth-order valence-electron chi connectivity index (χ4n) is 3.93. The minimum absolute atomic E-state index is 0.342. The molecule has 0 atom stereocenters. The maximum atomic E-state index is 6.00. The van der Waals surface area contributed by atoms with E-state index in [1.165, 1.54) is 10.9 Å². The Morgan fingerprint density at radius 3 is 2.76 bits per heavy atom. The molecule has 7 nitrogen and oxygen atoms in total. The number of nitrogens with two attached hydrogens (primary N) is 1. The van der Waals surface area contributed by atoms with Gasteiger partial charge in [-0.25, -0.2) is 15.0 Å². The van der Waals surface area contributed by atoms with Crippen LogP contribution < -0.4 is 16.4 Å². The molecule has 1 aliphatic rings. The van der Waals surface area contributed by atoms with E-state index in [9.17, 15) is 0 Å². The van der Waals surface area contributed by atoms with Crippen LogP contribution in [0.5, 0.6) is 0 Å². The van der Waals surface area contributed by atoms with E-state index < -0.39 is 0 Å². The number of rotatable bonds is 5. The van der Waals surface area contributed by atoms with Crippen molar-refractivity contribution >= 4 is 33.7 Å². The van der Waals surface area contributed by atoms with Gasteiger partial charge in [0.15, 0.2) is 5.65 Å². The van der Waals surface area contributed by atoms with Crippen molar-refractivity contribution in [1.82, 2.24) is 19.9 Å². The summed E-state index contributed by atoms with van der Waals surface area (Å²) in [5, 5.41) is 8.09. The molecule has 0 bridgehead atoms. The van der Waals surface area contributed by atoms with Gasteiger partial charge in [-0.3, -0.25) is 0 Å². The SMILES string of the molecule is N[C@H]1CC[C@H](Nc2ccc3ncc(NCc4ccc5cc[nH]c5c4)nc3n2)CC1. The topological polar surface area (TPSA) is 105 Å². The van der Waals surface area contributed by atoms with Gasteiger partial charge >= 0.3 is 0 Å². The van der Waals surface area contributed by atoms with Crippen molar-refractivity contribution in [3.8, 4) is 0 Å². The third-order valence-electron chi connectivity index (χ3n) is 5.62. The monoisotopic (exact) mass is 387 g/mol. The number of benzene rings is 1. The Bertz CT molecular complexity index is 1130. The second kappa shape index (κ2) is 7.67. The molecule has 3 heterocycles. The van der Waals surface area contributed by atoms with Gasteiger partial charge in [0.1, 0.15) is 17.2 Å². The third kappa shape index (κ3) is 4.00. The molecule has 1 aromatic carbocycles. The standard InChI is InChI=1S/C22H25N7/c23-16-3-5-17(6-4-16)27-20-8-7-18-22(28-20)29-21(13-25-18)26-12-14-1-2-15-9-10-24-19(15)11-14/h1-2,7-11,13,16-17,24H,3-6,12,23H2,(H2,26,27,28,29)/t16-,17-. The Morgan fingerprint density at radius 1 is 1.00 bits per heavy atom. The molecule has 0 amide bonds. The van der Waals surface area contributed by atoms with Crippen molar-refractivity contribution in [3.05, 3.63) is 54.4 Å². The van der Waals surface area contributed by atoms with Crippen LogP contribution in [0.15, 0.2) is 48.8 Å². The van der Waals surface area contributed by atoms with Gasteiger partial charge < -0.3 is 21.4 Å². The molecule has 0 aliphatic heterocycles.